The first-order valence-corrected chi connectivity index (χ1v) is 7.34. The number of hydrogen-bond acceptors (Lipinski definition) is 4. The van der Waals surface area contributed by atoms with E-state index in [1.54, 1.807) is 6.07 Å². The van der Waals surface area contributed by atoms with E-state index in [2.05, 4.69) is 17.9 Å². The van der Waals surface area contributed by atoms with Crippen molar-refractivity contribution >= 4 is 5.97 Å². The molecule has 1 aromatic carbocycles. The summed E-state index contributed by atoms with van der Waals surface area (Å²) in [6.07, 6.45) is 0. The molecule has 116 valence electrons. The maximum Gasteiger partial charge on any atom is 0.371 e. The molecule has 1 aliphatic heterocycles. The Morgan fingerprint density at radius 2 is 2.14 bits per heavy atom. The number of hydrogen-bond donors (Lipinski definition) is 1. The third kappa shape index (κ3) is 2.85. The fourth-order valence-electron chi connectivity index (χ4n) is 2.75. The molecule has 3 rings (SSSR count). The fourth-order valence-corrected chi connectivity index (χ4v) is 2.75. The lowest BCUT2D eigenvalue weighted by Gasteiger charge is -2.25. The third-order valence-electron chi connectivity index (χ3n) is 4.02. The molecule has 0 fully saturated rings. The van der Waals surface area contributed by atoms with Crippen molar-refractivity contribution < 1.29 is 19.1 Å². The van der Waals surface area contributed by atoms with Gasteiger partial charge in [-0.15, -0.1) is 0 Å². The highest BCUT2D eigenvalue weighted by atomic mass is 16.5. The van der Waals surface area contributed by atoms with Crippen LogP contribution in [0.3, 0.4) is 0 Å². The molecule has 0 aliphatic carbocycles. The van der Waals surface area contributed by atoms with Crippen LogP contribution in [0.2, 0.25) is 0 Å². The Morgan fingerprint density at radius 3 is 2.86 bits per heavy atom. The fraction of sp³-hybridized carbons (Fsp3) is 0.353. The summed E-state index contributed by atoms with van der Waals surface area (Å²) in [5.41, 5.74) is 2.34. The number of rotatable bonds is 3. The minimum Gasteiger partial charge on any atom is -0.492 e. The highest BCUT2D eigenvalue weighted by Gasteiger charge is 2.24. The molecule has 0 saturated carbocycles. The first-order valence-electron chi connectivity index (χ1n) is 7.34. The van der Waals surface area contributed by atoms with Gasteiger partial charge in [0.25, 0.3) is 0 Å². The molecule has 22 heavy (non-hydrogen) atoms. The van der Waals surface area contributed by atoms with Crippen LogP contribution < -0.4 is 4.74 Å². The van der Waals surface area contributed by atoms with Crippen LogP contribution in [-0.4, -0.2) is 29.1 Å². The van der Waals surface area contributed by atoms with E-state index in [1.165, 1.54) is 11.6 Å². The Bertz CT molecular complexity index is 692. The zero-order valence-electron chi connectivity index (χ0n) is 12.7. The van der Waals surface area contributed by atoms with Crippen molar-refractivity contribution in [3.8, 4) is 5.75 Å². The molecule has 5 heteroatoms. The second-order valence-electron chi connectivity index (χ2n) is 5.61. The summed E-state index contributed by atoms with van der Waals surface area (Å²) in [5, 5.41) is 8.97. The van der Waals surface area contributed by atoms with Crippen LogP contribution in [0, 0.1) is 6.92 Å². The average Bonchev–Trinajstić information content (AvgIpc) is 2.88. The van der Waals surface area contributed by atoms with Gasteiger partial charge in [-0.25, -0.2) is 4.79 Å². The normalized spacial score (nSPS) is 16.5. The number of ether oxygens (including phenoxy) is 1. The summed E-state index contributed by atoms with van der Waals surface area (Å²) in [6.45, 7) is 6.20. The molecule has 1 aromatic heterocycles. The van der Waals surface area contributed by atoms with Crippen LogP contribution in [0.15, 0.2) is 34.7 Å². The van der Waals surface area contributed by atoms with Crippen LogP contribution >= 0.6 is 0 Å². The molecular weight excluding hydrogens is 282 g/mol. The van der Waals surface area contributed by atoms with Crippen LogP contribution in [0.4, 0.5) is 0 Å². The number of aryl methyl sites for hydroxylation is 1. The van der Waals surface area contributed by atoms with Gasteiger partial charge in [0, 0.05) is 18.7 Å². The molecule has 1 unspecified atom stereocenters. The van der Waals surface area contributed by atoms with Gasteiger partial charge in [0.2, 0.25) is 5.76 Å². The minimum atomic E-state index is -1.04. The lowest BCUT2D eigenvalue weighted by molar-refractivity contribution is 0.0654. The van der Waals surface area contributed by atoms with E-state index < -0.39 is 5.97 Å². The van der Waals surface area contributed by atoms with Gasteiger partial charge in [-0.1, -0.05) is 17.7 Å². The van der Waals surface area contributed by atoms with Gasteiger partial charge in [-0.05, 0) is 32.0 Å². The standard InChI is InChI=1S/C17H19NO4/c1-11-3-4-15-13(9-11)10-18(7-8-21-15)12(2)14-5-6-16(22-14)17(19)20/h3-6,9,12H,7-8,10H2,1-2H3,(H,19,20). The third-order valence-corrected chi connectivity index (χ3v) is 4.02. The zero-order chi connectivity index (χ0) is 15.7. The summed E-state index contributed by atoms with van der Waals surface area (Å²) in [6, 6.07) is 9.41. The Morgan fingerprint density at radius 1 is 1.32 bits per heavy atom. The summed E-state index contributed by atoms with van der Waals surface area (Å²) < 4.78 is 11.2. The molecule has 0 amide bonds. The molecule has 0 radical (unpaired) electrons. The van der Waals surface area contributed by atoms with Gasteiger partial charge in [-0.2, -0.15) is 0 Å². The van der Waals surface area contributed by atoms with Crippen molar-refractivity contribution in [2.75, 3.05) is 13.2 Å². The van der Waals surface area contributed by atoms with E-state index in [-0.39, 0.29) is 11.8 Å². The van der Waals surface area contributed by atoms with Gasteiger partial charge in [0.15, 0.2) is 0 Å². The molecule has 1 atom stereocenters. The predicted molar refractivity (Wildman–Crippen MR) is 81.2 cm³/mol. The van der Waals surface area contributed by atoms with E-state index in [0.717, 1.165) is 24.4 Å². The van der Waals surface area contributed by atoms with E-state index in [9.17, 15) is 4.79 Å². The van der Waals surface area contributed by atoms with Crippen molar-refractivity contribution in [3.63, 3.8) is 0 Å². The van der Waals surface area contributed by atoms with Crippen LogP contribution in [0.1, 0.15) is 40.4 Å². The van der Waals surface area contributed by atoms with E-state index >= 15 is 0 Å². The Balaban J connectivity index is 1.83. The summed E-state index contributed by atoms with van der Waals surface area (Å²) in [5.74, 6) is 0.516. The van der Waals surface area contributed by atoms with Gasteiger partial charge in [-0.3, -0.25) is 4.90 Å². The SMILES string of the molecule is Cc1ccc2c(c1)CN(C(C)c1ccc(C(=O)O)o1)CCO2. The van der Waals surface area contributed by atoms with Crippen molar-refractivity contribution in [1.82, 2.24) is 4.90 Å². The second-order valence-corrected chi connectivity index (χ2v) is 5.61. The largest absolute Gasteiger partial charge is 0.492 e. The summed E-state index contributed by atoms with van der Waals surface area (Å²) in [4.78, 5) is 13.2. The number of benzene rings is 1. The van der Waals surface area contributed by atoms with E-state index in [0.29, 0.717) is 12.4 Å². The molecule has 0 bridgehead atoms. The quantitative estimate of drug-likeness (QED) is 0.943. The Hall–Kier alpha value is -2.27. The van der Waals surface area contributed by atoms with Gasteiger partial charge in [0.1, 0.15) is 18.1 Å². The van der Waals surface area contributed by atoms with Crippen LogP contribution in [0.5, 0.6) is 5.75 Å². The molecule has 1 N–H and O–H groups in total. The van der Waals surface area contributed by atoms with Crippen molar-refractivity contribution in [3.05, 3.63) is 53.0 Å². The topological polar surface area (TPSA) is 62.9 Å². The molecule has 0 saturated heterocycles. The first-order chi connectivity index (χ1) is 10.5. The summed E-state index contributed by atoms with van der Waals surface area (Å²) >= 11 is 0. The van der Waals surface area contributed by atoms with Crippen LogP contribution in [0.25, 0.3) is 0 Å². The van der Waals surface area contributed by atoms with Gasteiger partial charge in [0.05, 0.1) is 6.04 Å². The number of fused-ring (bicyclic) bond motifs is 1. The number of carboxylic acids is 1. The lowest BCUT2D eigenvalue weighted by atomic mass is 10.1. The Labute approximate surface area is 129 Å². The molecule has 0 spiro atoms. The molecule has 2 heterocycles. The Kier molecular flexibility index (Phi) is 3.90. The maximum atomic E-state index is 10.9. The predicted octanol–water partition coefficient (Wildman–Crippen LogP) is 3.24. The minimum absolute atomic E-state index is 0.0110. The van der Waals surface area contributed by atoms with Crippen molar-refractivity contribution in [2.45, 2.75) is 26.4 Å². The monoisotopic (exact) mass is 301 g/mol. The number of nitrogens with zero attached hydrogens (tertiary/aromatic N) is 1. The lowest BCUT2D eigenvalue weighted by Crippen LogP contribution is -2.28. The van der Waals surface area contributed by atoms with Crippen molar-refractivity contribution in [2.24, 2.45) is 0 Å². The number of carbonyl (C=O) groups is 1. The van der Waals surface area contributed by atoms with E-state index in [1.807, 2.05) is 19.1 Å². The number of aromatic carboxylic acids is 1. The van der Waals surface area contributed by atoms with Gasteiger partial charge < -0.3 is 14.3 Å². The molecule has 5 nitrogen and oxygen atoms in total. The number of carboxylic acid groups (broad SMARTS) is 1. The van der Waals surface area contributed by atoms with Gasteiger partial charge >= 0.3 is 5.97 Å². The molecule has 2 aromatic rings. The van der Waals surface area contributed by atoms with Crippen molar-refractivity contribution in [1.29, 1.82) is 0 Å². The second kappa shape index (κ2) is 5.85. The van der Waals surface area contributed by atoms with E-state index in [4.69, 9.17) is 14.3 Å². The molecule has 1 aliphatic rings. The summed E-state index contributed by atoms with van der Waals surface area (Å²) in [7, 11) is 0. The maximum absolute atomic E-state index is 10.9. The average molecular weight is 301 g/mol. The first kappa shape index (κ1) is 14.7. The molecular formula is C17H19NO4. The zero-order valence-corrected chi connectivity index (χ0v) is 12.7. The van der Waals surface area contributed by atoms with Crippen LogP contribution in [-0.2, 0) is 6.54 Å². The highest BCUT2D eigenvalue weighted by molar-refractivity contribution is 5.84. The number of furan rings is 1. The smallest absolute Gasteiger partial charge is 0.371 e. The highest BCUT2D eigenvalue weighted by Crippen LogP contribution is 2.30.